The molecule has 11 nitrogen and oxygen atoms in total. The average Bonchev–Trinajstić information content (AvgIpc) is 3.40. The number of ketones is 1. The Bertz CT molecular complexity index is 1420. The van der Waals surface area contributed by atoms with E-state index in [1.807, 2.05) is 0 Å². The van der Waals surface area contributed by atoms with Crippen LogP contribution in [0, 0.1) is 52.3 Å². The van der Waals surface area contributed by atoms with Crippen molar-refractivity contribution in [1.29, 1.82) is 0 Å². The van der Waals surface area contributed by atoms with E-state index in [0.717, 1.165) is 12.8 Å². The fourth-order valence-corrected chi connectivity index (χ4v) is 11.1. The normalized spacial score (nSPS) is 39.1. The van der Waals surface area contributed by atoms with Crippen molar-refractivity contribution in [3.8, 4) is 0 Å². The standard InChI is InChI=1S/C42H64O11/c1-22(2)23(3)11-12-24(4)32-15-16-33-31-14-13-29-19-30(17-18-41(29,9)36(31)34(47)20-42(32,33)10)52-40-39(51-28(8)46)38(50-27(7)45)37(49-26(6)44)35(53-40)21-48-25(5)43/h13,22-24,30-33,35-40H,11-12,14-21H2,1-10H3/t23-,24+,30-,31-,32+,33-,35+,36+,37+,38-,39+,40-,41-,42+/m0/s1. The molecule has 298 valence electrons. The molecule has 0 unspecified atom stereocenters. The molecule has 53 heavy (non-hydrogen) atoms. The molecule has 14 atom stereocenters. The molecule has 5 rings (SSSR count). The van der Waals surface area contributed by atoms with Gasteiger partial charge in [0.25, 0.3) is 0 Å². The van der Waals surface area contributed by atoms with Crippen LogP contribution in [0.4, 0.5) is 0 Å². The summed E-state index contributed by atoms with van der Waals surface area (Å²) in [5.74, 6) is 1.18. The average molecular weight is 745 g/mol. The maximum Gasteiger partial charge on any atom is 0.303 e. The number of carbonyl (C=O) groups is 5. The molecule has 0 radical (unpaired) electrons. The molecule has 3 saturated carbocycles. The van der Waals surface area contributed by atoms with E-state index in [4.69, 9.17) is 28.4 Å². The second-order valence-corrected chi connectivity index (χ2v) is 17.8. The second-order valence-electron chi connectivity index (χ2n) is 17.8. The van der Waals surface area contributed by atoms with Gasteiger partial charge in [-0.3, -0.25) is 24.0 Å². The van der Waals surface area contributed by atoms with Gasteiger partial charge in [-0.05, 0) is 84.9 Å². The first-order valence-corrected chi connectivity index (χ1v) is 20.0. The molecule has 1 saturated heterocycles. The molecule has 0 bridgehead atoms. The molecular formula is C42H64O11. The monoisotopic (exact) mass is 744 g/mol. The number of hydrogen-bond donors (Lipinski definition) is 0. The van der Waals surface area contributed by atoms with E-state index in [-0.39, 0.29) is 29.5 Å². The maximum absolute atomic E-state index is 14.4. The van der Waals surface area contributed by atoms with Crippen molar-refractivity contribution in [2.45, 2.75) is 164 Å². The third kappa shape index (κ3) is 8.71. The van der Waals surface area contributed by atoms with E-state index in [1.165, 1.54) is 59.0 Å². The first-order chi connectivity index (χ1) is 24.8. The predicted octanol–water partition coefficient (Wildman–Crippen LogP) is 6.92. The summed E-state index contributed by atoms with van der Waals surface area (Å²) in [6.45, 7) is 18.6. The molecule has 5 aliphatic rings. The highest BCUT2D eigenvalue weighted by atomic mass is 16.7. The van der Waals surface area contributed by atoms with Crippen molar-refractivity contribution < 1.29 is 52.4 Å². The zero-order chi connectivity index (χ0) is 39.0. The van der Waals surface area contributed by atoms with Crippen molar-refractivity contribution in [2.24, 2.45) is 52.3 Å². The summed E-state index contributed by atoms with van der Waals surface area (Å²) >= 11 is 0. The summed E-state index contributed by atoms with van der Waals surface area (Å²) in [6.07, 6.45) is 4.24. The third-order valence-corrected chi connectivity index (χ3v) is 14.0. The number of Topliss-reactive ketones (excluding diaryl/α,β-unsaturated/α-hetero) is 1. The molecular weight excluding hydrogens is 680 g/mol. The summed E-state index contributed by atoms with van der Waals surface area (Å²) in [6, 6.07) is 0. The summed E-state index contributed by atoms with van der Waals surface area (Å²) in [4.78, 5) is 63.0. The largest absolute Gasteiger partial charge is 0.463 e. The van der Waals surface area contributed by atoms with Gasteiger partial charge >= 0.3 is 23.9 Å². The van der Waals surface area contributed by atoms with E-state index in [1.54, 1.807) is 0 Å². The fraction of sp³-hybridized carbons (Fsp3) is 0.833. The van der Waals surface area contributed by atoms with Crippen molar-refractivity contribution in [3.05, 3.63) is 11.6 Å². The van der Waals surface area contributed by atoms with Crippen molar-refractivity contribution in [1.82, 2.24) is 0 Å². The van der Waals surface area contributed by atoms with E-state index in [9.17, 15) is 24.0 Å². The number of rotatable bonds is 12. The van der Waals surface area contributed by atoms with Crippen LogP contribution >= 0.6 is 0 Å². The minimum absolute atomic E-state index is 0.0257. The number of ether oxygens (including phenoxy) is 6. The zero-order valence-electron chi connectivity index (χ0n) is 33.6. The van der Waals surface area contributed by atoms with Gasteiger partial charge in [0.15, 0.2) is 24.6 Å². The van der Waals surface area contributed by atoms with Crippen molar-refractivity contribution in [3.63, 3.8) is 0 Å². The highest BCUT2D eigenvalue weighted by Gasteiger charge is 2.62. The summed E-state index contributed by atoms with van der Waals surface area (Å²) in [5, 5.41) is 0. The Morgan fingerprint density at radius 3 is 2.11 bits per heavy atom. The highest BCUT2D eigenvalue weighted by molar-refractivity contribution is 5.85. The Morgan fingerprint density at radius 1 is 0.849 bits per heavy atom. The van der Waals surface area contributed by atoms with Gasteiger partial charge < -0.3 is 28.4 Å². The number of fused-ring (bicyclic) bond motifs is 5. The van der Waals surface area contributed by atoms with Crippen molar-refractivity contribution in [2.75, 3.05) is 6.61 Å². The van der Waals surface area contributed by atoms with E-state index >= 15 is 0 Å². The Kier molecular flexibility index (Phi) is 12.9. The molecule has 4 aliphatic carbocycles. The maximum atomic E-state index is 14.4. The van der Waals surface area contributed by atoms with Gasteiger partial charge in [0.05, 0.1) is 6.10 Å². The molecule has 0 spiro atoms. The van der Waals surface area contributed by atoms with Gasteiger partial charge in [0, 0.05) is 40.0 Å². The minimum atomic E-state index is -1.28. The minimum Gasteiger partial charge on any atom is -0.463 e. The van der Waals surface area contributed by atoms with Crippen LogP contribution in [-0.4, -0.2) is 73.1 Å². The number of esters is 4. The molecule has 0 amide bonds. The van der Waals surface area contributed by atoms with E-state index in [0.29, 0.717) is 60.6 Å². The summed E-state index contributed by atoms with van der Waals surface area (Å²) in [7, 11) is 0. The smallest absolute Gasteiger partial charge is 0.303 e. The summed E-state index contributed by atoms with van der Waals surface area (Å²) < 4.78 is 34.8. The molecule has 4 fully saturated rings. The molecule has 0 aromatic carbocycles. The molecule has 11 heteroatoms. The molecule has 1 heterocycles. The second kappa shape index (κ2) is 16.5. The molecule has 0 aromatic rings. The van der Waals surface area contributed by atoms with Crippen LogP contribution in [0.1, 0.15) is 127 Å². The first-order valence-electron chi connectivity index (χ1n) is 20.0. The lowest BCUT2D eigenvalue weighted by Gasteiger charge is -2.57. The van der Waals surface area contributed by atoms with Crippen LogP contribution in [-0.2, 0) is 52.4 Å². The zero-order valence-corrected chi connectivity index (χ0v) is 33.6. The molecule has 1 aliphatic heterocycles. The van der Waals surface area contributed by atoms with Gasteiger partial charge in [0.1, 0.15) is 18.5 Å². The quantitative estimate of drug-likeness (QED) is 0.117. The number of allylic oxidation sites excluding steroid dienone is 1. The Morgan fingerprint density at radius 2 is 1.49 bits per heavy atom. The Labute approximate surface area is 315 Å². The number of hydrogen-bond acceptors (Lipinski definition) is 11. The van der Waals surface area contributed by atoms with Gasteiger partial charge in [-0.15, -0.1) is 0 Å². The van der Waals surface area contributed by atoms with Crippen molar-refractivity contribution >= 4 is 29.7 Å². The predicted molar refractivity (Wildman–Crippen MR) is 195 cm³/mol. The van der Waals surface area contributed by atoms with E-state index < -0.39 is 54.6 Å². The topological polar surface area (TPSA) is 141 Å². The van der Waals surface area contributed by atoms with Gasteiger partial charge in [-0.1, -0.05) is 66.0 Å². The van der Waals surface area contributed by atoms with Crippen LogP contribution in [0.2, 0.25) is 0 Å². The fourth-order valence-electron chi connectivity index (χ4n) is 11.1. The van der Waals surface area contributed by atoms with Crippen LogP contribution in [0.15, 0.2) is 11.6 Å². The van der Waals surface area contributed by atoms with Gasteiger partial charge in [-0.25, -0.2) is 0 Å². The van der Waals surface area contributed by atoms with Crippen LogP contribution in [0.25, 0.3) is 0 Å². The SMILES string of the molecule is CC(=O)OC[C@H]1O[C@H](O[C@H]2CC[C@@]3(C)C(=CC[C@H]4[C@@H]5CC[C@H]([C@H](C)CC[C@H](C)C(C)C)[C@@]5(C)CC(=O)[C@@H]43)C2)[C@H](OC(C)=O)[C@@H](OC(C)=O)[C@@H]1OC(C)=O. The first kappa shape index (κ1) is 41.4. The summed E-state index contributed by atoms with van der Waals surface area (Å²) in [5.41, 5.74) is 0.970. The molecule has 0 aromatic heterocycles. The molecule has 0 N–H and O–H groups in total. The number of carbonyl (C=O) groups excluding carboxylic acids is 5. The Balaban J connectivity index is 1.34. The lowest BCUT2D eigenvalue weighted by atomic mass is 9.46. The third-order valence-electron chi connectivity index (χ3n) is 14.0. The van der Waals surface area contributed by atoms with Crippen LogP contribution in [0.3, 0.4) is 0 Å². The lowest BCUT2D eigenvalue weighted by Crippen LogP contribution is -2.63. The van der Waals surface area contributed by atoms with E-state index in [2.05, 4.69) is 47.6 Å². The van der Waals surface area contributed by atoms with Gasteiger partial charge in [0.2, 0.25) is 0 Å². The lowest BCUT2D eigenvalue weighted by molar-refractivity contribution is -0.318. The Hall–Kier alpha value is -2.79. The van der Waals surface area contributed by atoms with Gasteiger partial charge in [-0.2, -0.15) is 0 Å². The van der Waals surface area contributed by atoms with Crippen LogP contribution in [0.5, 0.6) is 0 Å². The van der Waals surface area contributed by atoms with Crippen LogP contribution < -0.4 is 0 Å². The highest BCUT2D eigenvalue weighted by Crippen LogP contribution is 2.66.